The van der Waals surface area contributed by atoms with E-state index in [1.807, 2.05) is 0 Å². The first-order valence-corrected chi connectivity index (χ1v) is 11.9. The van der Waals surface area contributed by atoms with Gasteiger partial charge in [0.25, 0.3) is 5.91 Å². The summed E-state index contributed by atoms with van der Waals surface area (Å²) in [7, 11) is 0. The first-order valence-electron chi connectivity index (χ1n) is 11.9. The number of nitrogens with one attached hydrogen (secondary N) is 1. The topological polar surface area (TPSA) is 113 Å². The van der Waals surface area contributed by atoms with Crippen LogP contribution in [-0.4, -0.2) is 40.7 Å². The van der Waals surface area contributed by atoms with Crippen molar-refractivity contribution in [2.75, 3.05) is 6.61 Å². The van der Waals surface area contributed by atoms with Gasteiger partial charge < -0.3 is 20.3 Å². The van der Waals surface area contributed by atoms with Gasteiger partial charge in [-0.2, -0.15) is 0 Å². The van der Waals surface area contributed by atoms with Crippen LogP contribution in [0, 0.1) is 29.0 Å². The van der Waals surface area contributed by atoms with Crippen molar-refractivity contribution in [3.63, 3.8) is 0 Å². The van der Waals surface area contributed by atoms with Crippen LogP contribution in [-0.2, 0) is 9.59 Å². The number of hydrogen-bond acceptors (Lipinski definition) is 4. The van der Waals surface area contributed by atoms with Crippen molar-refractivity contribution in [2.24, 2.45) is 23.2 Å². The van der Waals surface area contributed by atoms with Crippen molar-refractivity contribution in [1.82, 2.24) is 5.32 Å². The zero-order valence-corrected chi connectivity index (χ0v) is 18.5. The maximum absolute atomic E-state index is 15.0. The lowest BCUT2D eigenvalue weighted by Gasteiger charge is -2.56. The van der Waals surface area contributed by atoms with Gasteiger partial charge in [0.2, 0.25) is 0 Å². The number of rotatable bonds is 9. The minimum atomic E-state index is -1.63. The predicted molar refractivity (Wildman–Crippen MR) is 116 cm³/mol. The number of carboxylic acids is 2. The normalized spacial score (nSPS) is 30.6. The lowest BCUT2D eigenvalue weighted by Crippen LogP contribution is -2.48. The Labute approximate surface area is 191 Å². The van der Waals surface area contributed by atoms with Crippen molar-refractivity contribution in [3.8, 4) is 5.75 Å². The molecule has 1 aromatic rings. The van der Waals surface area contributed by atoms with E-state index in [1.165, 1.54) is 50.7 Å². The van der Waals surface area contributed by atoms with E-state index < -0.39 is 36.1 Å². The van der Waals surface area contributed by atoms with Gasteiger partial charge >= 0.3 is 11.9 Å². The van der Waals surface area contributed by atoms with Crippen LogP contribution < -0.4 is 10.1 Å². The second-order valence-electron chi connectivity index (χ2n) is 10.8. The number of carbonyl (C=O) groups is 3. The average Bonchev–Trinajstić information content (AvgIpc) is 3.55. The quantitative estimate of drug-likeness (QED) is 0.515. The van der Waals surface area contributed by atoms with Gasteiger partial charge in [-0.1, -0.05) is 0 Å². The third-order valence-corrected chi connectivity index (χ3v) is 8.04. The number of hydrogen-bond donors (Lipinski definition) is 3. The summed E-state index contributed by atoms with van der Waals surface area (Å²) in [5.74, 6) is -1.54. The highest BCUT2D eigenvalue weighted by molar-refractivity contribution is 5.98. The monoisotopic (exact) mass is 459 g/mol. The molecule has 3 N–H and O–H groups in total. The molecule has 5 aliphatic rings. The Balaban J connectivity index is 1.33. The van der Waals surface area contributed by atoms with Crippen molar-refractivity contribution >= 4 is 17.8 Å². The maximum atomic E-state index is 15.0. The van der Waals surface area contributed by atoms with E-state index in [-0.39, 0.29) is 16.9 Å². The van der Waals surface area contributed by atoms with E-state index in [0.29, 0.717) is 12.4 Å². The molecule has 5 aliphatic carbocycles. The molecular formula is C25H30FNO6. The summed E-state index contributed by atoms with van der Waals surface area (Å²) in [6.07, 6.45) is 8.63. The van der Waals surface area contributed by atoms with Crippen LogP contribution in [0.15, 0.2) is 12.1 Å². The molecule has 5 fully saturated rings. The van der Waals surface area contributed by atoms with Crippen LogP contribution in [0.4, 0.5) is 4.39 Å². The highest BCUT2D eigenvalue weighted by atomic mass is 19.1. The third-order valence-electron chi connectivity index (χ3n) is 8.04. The molecule has 6 rings (SSSR count). The molecule has 0 aromatic heterocycles. The van der Waals surface area contributed by atoms with Crippen LogP contribution in [0.25, 0.3) is 0 Å². The largest absolute Gasteiger partial charge is 0.493 e. The van der Waals surface area contributed by atoms with Crippen LogP contribution in [0.3, 0.4) is 0 Å². The summed E-state index contributed by atoms with van der Waals surface area (Å²) in [5, 5.41) is 20.2. The molecule has 7 nitrogen and oxygen atoms in total. The van der Waals surface area contributed by atoms with Gasteiger partial charge in [0.1, 0.15) is 17.6 Å². The summed E-state index contributed by atoms with van der Waals surface area (Å²) in [4.78, 5) is 34.8. The summed E-state index contributed by atoms with van der Waals surface area (Å²) < 4.78 is 21.2. The first kappa shape index (κ1) is 22.2. The molecule has 4 bridgehead atoms. The summed E-state index contributed by atoms with van der Waals surface area (Å²) in [6.45, 7) is 0.570. The standard InChI is InChI=1S/C25H30FNO6/c26-19-7-21(33-12-25-9-13-3-14(10-25)5-15(4-13)11-25)17(16-1-2-16)6-18(19)23(30)27-20(24(31)32)8-22(28)29/h6-7,13-16,20H,1-5,8-12H2,(H,27,30)(H,28,29)(H,31,32)/t13?,14?,15?,20-,25?/m0/s1. The van der Waals surface area contributed by atoms with Gasteiger partial charge in [-0.25, -0.2) is 9.18 Å². The van der Waals surface area contributed by atoms with Crippen LogP contribution >= 0.6 is 0 Å². The second kappa shape index (κ2) is 8.29. The predicted octanol–water partition coefficient (Wildman–Crippen LogP) is 3.96. The van der Waals surface area contributed by atoms with E-state index in [2.05, 4.69) is 5.32 Å². The Hall–Kier alpha value is -2.64. The summed E-state index contributed by atoms with van der Waals surface area (Å²) >= 11 is 0. The maximum Gasteiger partial charge on any atom is 0.326 e. The van der Waals surface area contributed by atoms with Gasteiger partial charge in [-0.3, -0.25) is 9.59 Å². The number of ether oxygens (including phenoxy) is 1. The Morgan fingerprint density at radius 3 is 2.18 bits per heavy atom. The van der Waals surface area contributed by atoms with Crippen molar-refractivity contribution in [1.29, 1.82) is 0 Å². The lowest BCUT2D eigenvalue weighted by atomic mass is 9.50. The molecule has 0 spiro atoms. The smallest absolute Gasteiger partial charge is 0.326 e. The zero-order valence-electron chi connectivity index (χ0n) is 18.5. The molecule has 8 heteroatoms. The number of carboxylic acid groups (broad SMARTS) is 2. The van der Waals surface area contributed by atoms with Crippen LogP contribution in [0.1, 0.15) is 79.6 Å². The van der Waals surface area contributed by atoms with Crippen LogP contribution in [0.5, 0.6) is 5.75 Å². The van der Waals surface area contributed by atoms with E-state index in [1.54, 1.807) is 0 Å². The van der Waals surface area contributed by atoms with E-state index in [4.69, 9.17) is 9.84 Å². The molecule has 0 unspecified atom stereocenters. The highest BCUT2D eigenvalue weighted by Crippen LogP contribution is 2.60. The van der Waals surface area contributed by atoms with Gasteiger partial charge in [-0.05, 0) is 86.7 Å². The molecule has 1 aromatic carbocycles. The van der Waals surface area contributed by atoms with E-state index >= 15 is 0 Å². The lowest BCUT2D eigenvalue weighted by molar-refractivity contribution is -0.145. The molecule has 0 radical (unpaired) electrons. The number of aliphatic carboxylic acids is 2. The van der Waals surface area contributed by atoms with Crippen molar-refractivity contribution in [3.05, 3.63) is 29.1 Å². The number of amides is 1. The summed E-state index contributed by atoms with van der Waals surface area (Å²) in [6, 6.07) is 1.07. The average molecular weight is 460 g/mol. The molecule has 1 amide bonds. The number of halogens is 1. The van der Waals surface area contributed by atoms with Crippen molar-refractivity contribution < 1.29 is 33.7 Å². The Kier molecular flexibility index (Phi) is 5.57. The molecule has 0 heterocycles. The number of benzene rings is 1. The number of carbonyl (C=O) groups excluding carboxylic acids is 1. The van der Waals surface area contributed by atoms with Gasteiger partial charge in [0.05, 0.1) is 18.6 Å². The van der Waals surface area contributed by atoms with Gasteiger partial charge in [-0.15, -0.1) is 0 Å². The minimum Gasteiger partial charge on any atom is -0.493 e. The molecule has 1 atom stereocenters. The molecule has 0 saturated heterocycles. The Bertz CT molecular complexity index is 952. The minimum absolute atomic E-state index is 0.174. The van der Waals surface area contributed by atoms with Crippen molar-refractivity contribution in [2.45, 2.75) is 69.7 Å². The molecular weight excluding hydrogens is 429 g/mol. The second-order valence-corrected chi connectivity index (χ2v) is 10.8. The SMILES string of the molecule is O=C(O)C[C@H](NC(=O)c1cc(C2CC2)c(OCC23CC4CC(CC(C4)C2)C3)cc1F)C(=O)O. The molecule has 0 aliphatic heterocycles. The Morgan fingerprint density at radius 1 is 1.06 bits per heavy atom. The fraction of sp³-hybridized carbons (Fsp3) is 0.640. The van der Waals surface area contributed by atoms with E-state index in [9.17, 15) is 23.9 Å². The molecule has 5 saturated carbocycles. The fourth-order valence-electron chi connectivity index (χ4n) is 6.89. The zero-order chi connectivity index (χ0) is 23.3. The van der Waals surface area contributed by atoms with E-state index in [0.717, 1.165) is 36.2 Å². The van der Waals surface area contributed by atoms with Gasteiger partial charge in [0, 0.05) is 11.5 Å². The molecule has 178 valence electrons. The molecule has 33 heavy (non-hydrogen) atoms. The highest BCUT2D eigenvalue weighted by Gasteiger charge is 2.51. The van der Waals surface area contributed by atoms with Crippen LogP contribution in [0.2, 0.25) is 0 Å². The fourth-order valence-corrected chi connectivity index (χ4v) is 6.89. The first-order chi connectivity index (χ1) is 15.7. The Morgan fingerprint density at radius 2 is 1.67 bits per heavy atom. The van der Waals surface area contributed by atoms with Gasteiger partial charge in [0.15, 0.2) is 0 Å². The third kappa shape index (κ3) is 4.57. The summed E-state index contributed by atoms with van der Waals surface area (Å²) in [5.41, 5.74) is 0.667.